The van der Waals surface area contributed by atoms with Crippen LogP contribution < -0.4 is 15.0 Å². The number of carbonyl (C=O) groups is 1. The summed E-state index contributed by atoms with van der Waals surface area (Å²) in [7, 11) is 2.08. The molecule has 2 saturated carbocycles. The third-order valence-corrected chi connectivity index (χ3v) is 7.27. The zero-order valence-electron chi connectivity index (χ0n) is 20.6. The zero-order valence-corrected chi connectivity index (χ0v) is 20.6. The van der Waals surface area contributed by atoms with Crippen molar-refractivity contribution in [3.63, 3.8) is 0 Å². The first-order valence-corrected chi connectivity index (χ1v) is 12.7. The fourth-order valence-electron chi connectivity index (χ4n) is 4.96. The van der Waals surface area contributed by atoms with Crippen molar-refractivity contribution in [2.45, 2.75) is 63.9 Å². The number of nitrogens with zero attached hydrogens (tertiary/aromatic N) is 1. The molecule has 0 atom stereocenters. The van der Waals surface area contributed by atoms with Crippen molar-refractivity contribution in [1.29, 1.82) is 0 Å². The molecule has 35 heavy (non-hydrogen) atoms. The monoisotopic (exact) mass is 470 g/mol. The molecule has 0 amide bonds. The molecule has 0 bridgehead atoms. The van der Waals surface area contributed by atoms with Gasteiger partial charge in [-0.25, -0.2) is 4.79 Å². The Morgan fingerprint density at radius 3 is 2.23 bits per heavy atom. The highest BCUT2D eigenvalue weighted by Gasteiger charge is 2.24. The molecule has 3 aromatic rings. The van der Waals surface area contributed by atoms with Gasteiger partial charge in [0.2, 0.25) is 0 Å². The van der Waals surface area contributed by atoms with Crippen molar-refractivity contribution in [1.82, 2.24) is 0 Å². The van der Waals surface area contributed by atoms with Gasteiger partial charge in [-0.2, -0.15) is 0 Å². The molecule has 0 unspecified atom stereocenters. The number of hydrogen-bond acceptors (Lipinski definition) is 4. The molecule has 0 aliphatic heterocycles. The number of aryl methyl sites for hydroxylation is 1. The van der Waals surface area contributed by atoms with Crippen molar-refractivity contribution in [2.75, 3.05) is 17.3 Å². The lowest BCUT2D eigenvalue weighted by Gasteiger charge is -2.24. The molecule has 5 heteroatoms. The number of carboxylic acids is 1. The van der Waals surface area contributed by atoms with Crippen LogP contribution in [0, 0.1) is 6.92 Å². The maximum Gasteiger partial charge on any atom is 0.337 e. The maximum absolute atomic E-state index is 11.9. The summed E-state index contributed by atoms with van der Waals surface area (Å²) in [6, 6.07) is 20.4. The predicted molar refractivity (Wildman–Crippen MR) is 142 cm³/mol. The van der Waals surface area contributed by atoms with Crippen molar-refractivity contribution < 1.29 is 14.6 Å². The van der Waals surface area contributed by atoms with Gasteiger partial charge >= 0.3 is 5.97 Å². The first-order chi connectivity index (χ1) is 17.0. The zero-order chi connectivity index (χ0) is 24.4. The molecule has 0 radical (unpaired) electrons. The number of hydrogen-bond donors (Lipinski definition) is 2. The minimum Gasteiger partial charge on any atom is -0.490 e. The highest BCUT2D eigenvalue weighted by atomic mass is 16.5. The van der Waals surface area contributed by atoms with Gasteiger partial charge in [-0.3, -0.25) is 0 Å². The number of nitrogens with one attached hydrogen (secondary N) is 1. The van der Waals surface area contributed by atoms with Gasteiger partial charge in [-0.15, -0.1) is 0 Å². The molecule has 3 aromatic carbocycles. The molecule has 2 N–H and O–H groups in total. The Labute approximate surface area is 207 Å². The first kappa shape index (κ1) is 23.3. The summed E-state index contributed by atoms with van der Waals surface area (Å²) in [4.78, 5) is 14.1. The van der Waals surface area contributed by atoms with E-state index in [0.29, 0.717) is 17.4 Å². The number of aromatic carboxylic acids is 1. The Balaban J connectivity index is 1.30. The first-order valence-electron chi connectivity index (χ1n) is 12.7. The summed E-state index contributed by atoms with van der Waals surface area (Å²) < 4.78 is 5.77. The van der Waals surface area contributed by atoms with Crippen LogP contribution in [0.15, 0.2) is 60.7 Å². The second-order valence-corrected chi connectivity index (χ2v) is 9.94. The van der Waals surface area contributed by atoms with E-state index in [0.717, 1.165) is 35.5 Å². The molecule has 5 rings (SSSR count). The Kier molecular flexibility index (Phi) is 6.67. The van der Waals surface area contributed by atoms with Crippen LogP contribution >= 0.6 is 0 Å². The topological polar surface area (TPSA) is 61.8 Å². The largest absolute Gasteiger partial charge is 0.490 e. The van der Waals surface area contributed by atoms with Gasteiger partial charge < -0.3 is 20.1 Å². The summed E-state index contributed by atoms with van der Waals surface area (Å²) in [6.45, 7) is 2.04. The van der Waals surface area contributed by atoms with E-state index in [9.17, 15) is 9.90 Å². The molecular weight excluding hydrogens is 436 g/mol. The molecule has 0 spiro atoms. The predicted octanol–water partition coefficient (Wildman–Crippen LogP) is 7.79. The molecule has 5 nitrogen and oxygen atoms in total. The second kappa shape index (κ2) is 10.0. The SMILES string of the molecule is Cc1cc(N(C)c2ccc(C3CCCCC3)cc2)ccc1Nc1ccc(OC2CC2)cc1C(=O)O. The van der Waals surface area contributed by atoms with E-state index in [4.69, 9.17) is 4.74 Å². The summed E-state index contributed by atoms with van der Waals surface area (Å²) in [6.07, 6.45) is 8.98. The Bertz CT molecular complexity index is 1190. The van der Waals surface area contributed by atoms with Gasteiger partial charge in [0.25, 0.3) is 0 Å². The highest BCUT2D eigenvalue weighted by Crippen LogP contribution is 2.35. The number of ether oxygens (including phenoxy) is 1. The van der Waals surface area contributed by atoms with Crippen molar-refractivity contribution in [3.8, 4) is 5.75 Å². The summed E-state index contributed by atoms with van der Waals surface area (Å²) in [5.41, 5.74) is 6.40. The molecule has 0 aromatic heterocycles. The van der Waals surface area contributed by atoms with Crippen LogP contribution in [0.3, 0.4) is 0 Å². The van der Waals surface area contributed by atoms with Crippen molar-refractivity contribution in [3.05, 3.63) is 77.4 Å². The Hall–Kier alpha value is -3.47. The van der Waals surface area contributed by atoms with Crippen LogP contribution in [0.25, 0.3) is 0 Å². The second-order valence-electron chi connectivity index (χ2n) is 9.94. The third kappa shape index (κ3) is 5.45. The molecule has 182 valence electrons. The van der Waals surface area contributed by atoms with Gasteiger partial charge in [0, 0.05) is 24.1 Å². The van der Waals surface area contributed by atoms with E-state index in [1.54, 1.807) is 12.1 Å². The van der Waals surface area contributed by atoms with Gasteiger partial charge in [0.1, 0.15) is 5.75 Å². The summed E-state index contributed by atoms with van der Waals surface area (Å²) in [5.74, 6) is 0.346. The minimum absolute atomic E-state index is 0.210. The van der Waals surface area contributed by atoms with Crippen LogP contribution in [0.5, 0.6) is 5.75 Å². The van der Waals surface area contributed by atoms with Gasteiger partial charge in [0.15, 0.2) is 0 Å². The van der Waals surface area contributed by atoms with Crippen LogP contribution in [0.2, 0.25) is 0 Å². The molecular formula is C30H34N2O3. The van der Waals surface area contributed by atoms with E-state index in [-0.39, 0.29) is 11.7 Å². The lowest BCUT2D eigenvalue weighted by atomic mass is 9.84. The Morgan fingerprint density at radius 2 is 1.57 bits per heavy atom. The van der Waals surface area contributed by atoms with Crippen molar-refractivity contribution in [2.24, 2.45) is 0 Å². The highest BCUT2D eigenvalue weighted by molar-refractivity contribution is 5.96. The van der Waals surface area contributed by atoms with Crippen LogP contribution in [0.4, 0.5) is 22.7 Å². The minimum atomic E-state index is -0.973. The van der Waals surface area contributed by atoms with Gasteiger partial charge in [-0.05, 0) is 98.2 Å². The number of benzene rings is 3. The normalized spacial score (nSPS) is 16.1. The summed E-state index contributed by atoms with van der Waals surface area (Å²) >= 11 is 0. The lowest BCUT2D eigenvalue weighted by molar-refractivity contribution is 0.0697. The molecule has 2 fully saturated rings. The summed E-state index contributed by atoms with van der Waals surface area (Å²) in [5, 5.41) is 13.0. The fraction of sp³-hybridized carbons (Fsp3) is 0.367. The lowest BCUT2D eigenvalue weighted by Crippen LogP contribution is -2.11. The van der Waals surface area contributed by atoms with Crippen LogP contribution in [0.1, 0.15) is 72.3 Å². The quantitative estimate of drug-likeness (QED) is 0.352. The van der Waals surface area contributed by atoms with Crippen LogP contribution in [-0.4, -0.2) is 24.2 Å². The van der Waals surface area contributed by atoms with E-state index in [2.05, 4.69) is 53.7 Å². The number of anilines is 4. The maximum atomic E-state index is 11.9. The number of rotatable bonds is 8. The molecule has 0 heterocycles. The van der Waals surface area contributed by atoms with E-state index >= 15 is 0 Å². The van der Waals surface area contributed by atoms with E-state index in [1.165, 1.54) is 37.7 Å². The molecule has 0 saturated heterocycles. The smallest absolute Gasteiger partial charge is 0.337 e. The van der Waals surface area contributed by atoms with Gasteiger partial charge in [-0.1, -0.05) is 31.4 Å². The molecule has 2 aliphatic carbocycles. The van der Waals surface area contributed by atoms with Gasteiger partial charge in [0.05, 0.1) is 17.4 Å². The molecule has 2 aliphatic rings. The Morgan fingerprint density at radius 1 is 0.886 bits per heavy atom. The van der Waals surface area contributed by atoms with E-state index < -0.39 is 5.97 Å². The van der Waals surface area contributed by atoms with Crippen molar-refractivity contribution >= 4 is 28.7 Å². The van der Waals surface area contributed by atoms with E-state index in [1.807, 2.05) is 19.1 Å². The number of carboxylic acid groups (broad SMARTS) is 1. The fourth-order valence-corrected chi connectivity index (χ4v) is 4.96. The average molecular weight is 471 g/mol. The third-order valence-electron chi connectivity index (χ3n) is 7.27. The average Bonchev–Trinajstić information content (AvgIpc) is 3.70. The van der Waals surface area contributed by atoms with Crippen LogP contribution in [-0.2, 0) is 0 Å². The standard InChI is InChI=1S/C30H34N2O3/c1-20-18-24(32(2)23-10-8-22(9-11-23)21-6-4-3-5-7-21)12-16-28(20)31-29-17-15-26(35-25-13-14-25)19-27(29)30(33)34/h8-12,15-19,21,25,31H,3-7,13-14H2,1-2H3,(H,33,34).